The van der Waals surface area contributed by atoms with Crippen LogP contribution >= 0.6 is 0 Å². The number of hydrogen-bond acceptors (Lipinski definition) is 4. The van der Waals surface area contributed by atoms with Crippen molar-refractivity contribution in [2.75, 3.05) is 13.1 Å². The summed E-state index contributed by atoms with van der Waals surface area (Å²) in [6, 6.07) is 13.9. The molecular weight excluding hydrogens is 324 g/mol. The molecule has 1 aromatic carbocycles. The summed E-state index contributed by atoms with van der Waals surface area (Å²) in [5.41, 5.74) is 2.87. The highest BCUT2D eigenvalue weighted by atomic mass is 16.2. The number of likely N-dealkylation sites (tertiary alicyclic amines) is 1. The molecule has 132 valence electrons. The maximum absolute atomic E-state index is 12.5. The SMILES string of the molecule is N#Cc1cccc(CN2CCC3(CC2)C[C@H](c2ccncc2)C(=O)N3)c1. The number of nitriles is 1. The van der Waals surface area contributed by atoms with Gasteiger partial charge in [-0.1, -0.05) is 12.1 Å². The zero-order valence-electron chi connectivity index (χ0n) is 14.7. The van der Waals surface area contributed by atoms with Crippen molar-refractivity contribution in [2.24, 2.45) is 0 Å². The predicted molar refractivity (Wildman–Crippen MR) is 98.1 cm³/mol. The number of benzene rings is 1. The Balaban J connectivity index is 1.39. The van der Waals surface area contributed by atoms with Gasteiger partial charge in [-0.2, -0.15) is 5.26 Å². The number of carbonyl (C=O) groups is 1. The minimum atomic E-state index is -0.0734. The van der Waals surface area contributed by atoms with Gasteiger partial charge < -0.3 is 5.32 Å². The fourth-order valence-electron chi connectivity index (χ4n) is 4.21. The molecule has 1 spiro atoms. The van der Waals surface area contributed by atoms with Gasteiger partial charge in [0.15, 0.2) is 0 Å². The van der Waals surface area contributed by atoms with Gasteiger partial charge in [-0.15, -0.1) is 0 Å². The highest BCUT2D eigenvalue weighted by Gasteiger charge is 2.46. The molecule has 2 aromatic rings. The first kappa shape index (κ1) is 16.7. The van der Waals surface area contributed by atoms with E-state index in [1.165, 1.54) is 5.56 Å². The summed E-state index contributed by atoms with van der Waals surface area (Å²) < 4.78 is 0. The maximum atomic E-state index is 12.5. The first-order valence-electron chi connectivity index (χ1n) is 9.11. The summed E-state index contributed by atoms with van der Waals surface area (Å²) >= 11 is 0. The molecule has 5 nitrogen and oxygen atoms in total. The zero-order valence-corrected chi connectivity index (χ0v) is 14.7. The number of nitrogens with one attached hydrogen (secondary N) is 1. The van der Waals surface area contributed by atoms with Gasteiger partial charge in [-0.05, 0) is 54.7 Å². The molecule has 5 heteroatoms. The Bertz CT molecular complexity index is 835. The van der Waals surface area contributed by atoms with Crippen LogP contribution in [0.1, 0.15) is 41.9 Å². The summed E-state index contributed by atoms with van der Waals surface area (Å²) in [6.07, 6.45) is 6.32. The minimum absolute atomic E-state index is 0.0585. The Labute approximate surface area is 153 Å². The molecular formula is C21H22N4O. The molecule has 0 saturated carbocycles. The van der Waals surface area contributed by atoms with E-state index in [9.17, 15) is 4.79 Å². The first-order chi connectivity index (χ1) is 12.7. The summed E-state index contributed by atoms with van der Waals surface area (Å²) in [4.78, 5) is 19.0. The van der Waals surface area contributed by atoms with Crippen LogP contribution in [0.2, 0.25) is 0 Å². The van der Waals surface area contributed by atoms with Gasteiger partial charge in [0, 0.05) is 37.6 Å². The van der Waals surface area contributed by atoms with Crippen LogP contribution in [0.4, 0.5) is 0 Å². The molecule has 26 heavy (non-hydrogen) atoms. The van der Waals surface area contributed by atoms with E-state index in [0.717, 1.165) is 44.5 Å². The van der Waals surface area contributed by atoms with Crippen LogP contribution in [-0.4, -0.2) is 34.4 Å². The Morgan fingerprint density at radius 3 is 2.73 bits per heavy atom. The van der Waals surface area contributed by atoms with Crippen molar-refractivity contribution < 1.29 is 4.79 Å². The number of rotatable bonds is 3. The maximum Gasteiger partial charge on any atom is 0.228 e. The normalized spacial score (nSPS) is 22.1. The molecule has 1 amide bonds. The number of piperidine rings is 1. The van der Waals surface area contributed by atoms with Gasteiger partial charge in [-0.3, -0.25) is 14.7 Å². The Kier molecular flexibility index (Phi) is 4.44. The summed E-state index contributed by atoms with van der Waals surface area (Å²) in [5, 5.41) is 12.3. The second-order valence-electron chi connectivity index (χ2n) is 7.40. The van der Waals surface area contributed by atoms with Crippen molar-refractivity contribution >= 4 is 5.91 Å². The molecule has 2 saturated heterocycles. The van der Waals surface area contributed by atoms with Crippen LogP contribution in [0.5, 0.6) is 0 Å². The van der Waals surface area contributed by atoms with Crippen LogP contribution in [0.3, 0.4) is 0 Å². The van der Waals surface area contributed by atoms with E-state index in [-0.39, 0.29) is 17.4 Å². The van der Waals surface area contributed by atoms with E-state index >= 15 is 0 Å². The number of nitrogens with zero attached hydrogens (tertiary/aromatic N) is 3. The molecule has 1 N–H and O–H groups in total. The predicted octanol–water partition coefficient (Wildman–Crippen LogP) is 2.59. The summed E-state index contributed by atoms with van der Waals surface area (Å²) in [6.45, 7) is 2.77. The molecule has 2 aliphatic heterocycles. The highest BCUT2D eigenvalue weighted by molar-refractivity contribution is 5.87. The van der Waals surface area contributed by atoms with Crippen LogP contribution in [0.25, 0.3) is 0 Å². The van der Waals surface area contributed by atoms with E-state index in [0.29, 0.717) is 5.56 Å². The van der Waals surface area contributed by atoms with Gasteiger partial charge in [-0.25, -0.2) is 0 Å². The fourth-order valence-corrected chi connectivity index (χ4v) is 4.21. The third-order valence-electron chi connectivity index (χ3n) is 5.68. The molecule has 2 aliphatic rings. The zero-order chi connectivity index (χ0) is 18.0. The lowest BCUT2D eigenvalue weighted by atomic mass is 9.82. The van der Waals surface area contributed by atoms with Crippen molar-refractivity contribution in [1.82, 2.24) is 15.2 Å². The minimum Gasteiger partial charge on any atom is -0.350 e. The van der Waals surface area contributed by atoms with Crippen LogP contribution in [0, 0.1) is 11.3 Å². The molecule has 0 aliphatic carbocycles. The quantitative estimate of drug-likeness (QED) is 0.927. The van der Waals surface area contributed by atoms with E-state index in [2.05, 4.69) is 27.3 Å². The van der Waals surface area contributed by atoms with E-state index in [1.807, 2.05) is 30.3 Å². The Morgan fingerprint density at radius 1 is 1.23 bits per heavy atom. The summed E-state index contributed by atoms with van der Waals surface area (Å²) in [5.74, 6) is 0.0863. The third kappa shape index (κ3) is 3.33. The van der Waals surface area contributed by atoms with Crippen molar-refractivity contribution in [2.45, 2.75) is 37.3 Å². The number of aromatic nitrogens is 1. The van der Waals surface area contributed by atoms with Gasteiger partial charge in [0.05, 0.1) is 17.6 Å². The van der Waals surface area contributed by atoms with Crippen LogP contribution < -0.4 is 5.32 Å². The van der Waals surface area contributed by atoms with E-state index < -0.39 is 0 Å². The number of carbonyl (C=O) groups excluding carboxylic acids is 1. The highest BCUT2D eigenvalue weighted by Crippen LogP contribution is 2.39. The van der Waals surface area contributed by atoms with Crippen molar-refractivity contribution in [3.63, 3.8) is 0 Å². The molecule has 4 rings (SSSR count). The Hall–Kier alpha value is -2.71. The van der Waals surface area contributed by atoms with Gasteiger partial charge in [0.1, 0.15) is 0 Å². The molecule has 1 atom stereocenters. The largest absolute Gasteiger partial charge is 0.350 e. The standard InChI is InChI=1S/C21H22N4O/c22-14-16-2-1-3-17(12-16)15-25-10-6-21(7-11-25)13-19(20(26)24-21)18-4-8-23-9-5-18/h1-5,8-9,12,19H,6-7,10-11,13,15H2,(H,24,26)/t19-/m1/s1. The molecule has 1 aromatic heterocycles. The second kappa shape index (κ2) is 6.89. The second-order valence-corrected chi connectivity index (χ2v) is 7.40. The average Bonchev–Trinajstić information content (AvgIpc) is 3.01. The average molecular weight is 346 g/mol. The lowest BCUT2D eigenvalue weighted by molar-refractivity contribution is -0.121. The first-order valence-corrected chi connectivity index (χ1v) is 9.11. The van der Waals surface area contributed by atoms with Gasteiger partial charge >= 0.3 is 0 Å². The van der Waals surface area contributed by atoms with Crippen LogP contribution in [-0.2, 0) is 11.3 Å². The topological polar surface area (TPSA) is 69.0 Å². The number of hydrogen-bond donors (Lipinski definition) is 1. The molecule has 0 bridgehead atoms. The van der Waals surface area contributed by atoms with Gasteiger partial charge in [0.25, 0.3) is 0 Å². The Morgan fingerprint density at radius 2 is 2.00 bits per heavy atom. The van der Waals surface area contributed by atoms with Crippen molar-refractivity contribution in [3.05, 3.63) is 65.5 Å². The third-order valence-corrected chi connectivity index (χ3v) is 5.68. The van der Waals surface area contributed by atoms with Crippen molar-refractivity contribution in [1.29, 1.82) is 5.26 Å². The van der Waals surface area contributed by atoms with Crippen LogP contribution in [0.15, 0.2) is 48.8 Å². The number of pyridine rings is 1. The smallest absolute Gasteiger partial charge is 0.228 e. The van der Waals surface area contributed by atoms with E-state index in [4.69, 9.17) is 5.26 Å². The lowest BCUT2D eigenvalue weighted by Crippen LogP contribution is -2.50. The molecule has 2 fully saturated rings. The molecule has 3 heterocycles. The summed E-state index contributed by atoms with van der Waals surface area (Å²) in [7, 11) is 0. The van der Waals surface area contributed by atoms with Crippen molar-refractivity contribution in [3.8, 4) is 6.07 Å². The molecule has 0 unspecified atom stereocenters. The van der Waals surface area contributed by atoms with Gasteiger partial charge in [0.2, 0.25) is 5.91 Å². The lowest BCUT2D eigenvalue weighted by Gasteiger charge is -2.39. The fraction of sp³-hybridized carbons (Fsp3) is 0.381. The monoisotopic (exact) mass is 346 g/mol. The number of amides is 1. The van der Waals surface area contributed by atoms with E-state index in [1.54, 1.807) is 12.4 Å². The molecule has 0 radical (unpaired) electrons.